The molecule has 0 aliphatic heterocycles. The smallest absolute Gasteiger partial charge is 0.329 e. The van der Waals surface area contributed by atoms with Gasteiger partial charge in [-0.1, -0.05) is 43.0 Å². The molecule has 0 heterocycles. The number of carboxylic acid groups (broad SMARTS) is 1. The summed E-state index contributed by atoms with van der Waals surface area (Å²) in [6.07, 6.45) is 3.53. The van der Waals surface area contributed by atoms with Gasteiger partial charge in [-0.3, -0.25) is 4.79 Å². The van der Waals surface area contributed by atoms with Crippen molar-refractivity contribution in [2.75, 3.05) is 6.61 Å². The number of carbonyl (C=O) groups is 2. The molecule has 2 rings (SSSR count). The third-order valence-electron chi connectivity index (χ3n) is 3.69. The first-order valence-electron chi connectivity index (χ1n) is 6.95. The Hall–Kier alpha value is -1.75. The molecule has 1 aromatic carbocycles. The second-order valence-corrected chi connectivity index (χ2v) is 5.62. The number of carbonyl (C=O) groups excluding carboxylic acids is 1. The molecule has 1 saturated carbocycles. The van der Waals surface area contributed by atoms with Crippen LogP contribution < -0.4 is 10.1 Å². The zero-order valence-corrected chi connectivity index (χ0v) is 12.4. The van der Waals surface area contributed by atoms with Crippen LogP contribution in [0.1, 0.15) is 32.1 Å². The molecule has 0 bridgehead atoms. The normalized spacial score (nSPS) is 17.0. The molecule has 21 heavy (non-hydrogen) atoms. The fourth-order valence-electron chi connectivity index (χ4n) is 2.56. The SMILES string of the molecule is O=C(COc1ccccc1Cl)NC1(C(=O)O)CCCCC1. The first-order valence-corrected chi connectivity index (χ1v) is 7.33. The molecule has 0 unspecified atom stereocenters. The summed E-state index contributed by atoms with van der Waals surface area (Å²) >= 11 is 5.93. The fourth-order valence-corrected chi connectivity index (χ4v) is 2.75. The molecule has 1 aliphatic carbocycles. The van der Waals surface area contributed by atoms with Gasteiger partial charge < -0.3 is 15.2 Å². The maximum atomic E-state index is 12.0. The Balaban J connectivity index is 1.94. The summed E-state index contributed by atoms with van der Waals surface area (Å²) in [5.74, 6) is -1.02. The van der Waals surface area contributed by atoms with E-state index in [0.717, 1.165) is 19.3 Å². The lowest BCUT2D eigenvalue weighted by atomic mass is 9.81. The van der Waals surface area contributed by atoms with Crippen LogP contribution in [0.4, 0.5) is 0 Å². The van der Waals surface area contributed by atoms with E-state index in [4.69, 9.17) is 16.3 Å². The highest BCUT2D eigenvalue weighted by Gasteiger charge is 2.40. The van der Waals surface area contributed by atoms with E-state index in [9.17, 15) is 14.7 Å². The third-order valence-corrected chi connectivity index (χ3v) is 4.00. The first-order chi connectivity index (χ1) is 10.0. The summed E-state index contributed by atoms with van der Waals surface area (Å²) in [5, 5.41) is 12.4. The van der Waals surface area contributed by atoms with Crippen LogP contribution in [0, 0.1) is 0 Å². The second-order valence-electron chi connectivity index (χ2n) is 5.22. The van der Waals surface area contributed by atoms with Crippen molar-refractivity contribution < 1.29 is 19.4 Å². The molecule has 2 N–H and O–H groups in total. The van der Waals surface area contributed by atoms with Crippen molar-refractivity contribution in [2.24, 2.45) is 0 Å². The van der Waals surface area contributed by atoms with Gasteiger partial charge in [0.15, 0.2) is 6.61 Å². The van der Waals surface area contributed by atoms with E-state index in [1.165, 1.54) is 0 Å². The molecule has 0 aromatic heterocycles. The Bertz CT molecular complexity index is 526. The summed E-state index contributed by atoms with van der Waals surface area (Å²) in [6.45, 7) is -0.251. The van der Waals surface area contributed by atoms with Crippen LogP contribution >= 0.6 is 11.6 Å². The maximum Gasteiger partial charge on any atom is 0.329 e. The summed E-state index contributed by atoms with van der Waals surface area (Å²) < 4.78 is 5.33. The van der Waals surface area contributed by atoms with Crippen molar-refractivity contribution in [3.8, 4) is 5.75 Å². The van der Waals surface area contributed by atoms with Crippen molar-refractivity contribution in [1.29, 1.82) is 0 Å². The number of para-hydroxylation sites is 1. The quantitative estimate of drug-likeness (QED) is 0.876. The van der Waals surface area contributed by atoms with E-state index in [1.54, 1.807) is 24.3 Å². The Kier molecular flexibility index (Phi) is 5.07. The van der Waals surface area contributed by atoms with Gasteiger partial charge in [0, 0.05) is 0 Å². The fraction of sp³-hybridized carbons (Fsp3) is 0.467. The number of halogens is 1. The van der Waals surface area contributed by atoms with Crippen LogP contribution in [0.2, 0.25) is 5.02 Å². The number of amides is 1. The lowest BCUT2D eigenvalue weighted by Crippen LogP contribution is -2.56. The summed E-state index contributed by atoms with van der Waals surface area (Å²) in [4.78, 5) is 23.4. The molecular formula is C15H18ClNO4. The van der Waals surface area contributed by atoms with Gasteiger partial charge in [-0.2, -0.15) is 0 Å². The van der Waals surface area contributed by atoms with Gasteiger partial charge in [-0.15, -0.1) is 0 Å². The molecule has 0 saturated heterocycles. The Labute approximate surface area is 128 Å². The molecule has 1 aliphatic rings. The van der Waals surface area contributed by atoms with Gasteiger partial charge >= 0.3 is 5.97 Å². The molecule has 0 radical (unpaired) electrons. The summed E-state index contributed by atoms with van der Waals surface area (Å²) in [7, 11) is 0. The minimum Gasteiger partial charge on any atom is -0.482 e. The maximum absolute atomic E-state index is 12.0. The molecule has 6 heteroatoms. The molecular weight excluding hydrogens is 294 g/mol. The topological polar surface area (TPSA) is 75.6 Å². The number of aliphatic carboxylic acids is 1. The molecule has 5 nitrogen and oxygen atoms in total. The number of rotatable bonds is 5. The lowest BCUT2D eigenvalue weighted by molar-refractivity contribution is -0.149. The minimum atomic E-state index is -1.15. The van der Waals surface area contributed by atoms with Gasteiger partial charge in [0.25, 0.3) is 5.91 Å². The van der Waals surface area contributed by atoms with Gasteiger partial charge in [-0.05, 0) is 25.0 Å². The minimum absolute atomic E-state index is 0.251. The Morgan fingerprint density at radius 1 is 1.24 bits per heavy atom. The number of carboxylic acids is 1. The molecule has 114 valence electrons. The number of benzene rings is 1. The average molecular weight is 312 g/mol. The van der Waals surface area contributed by atoms with Crippen molar-refractivity contribution in [3.05, 3.63) is 29.3 Å². The van der Waals surface area contributed by atoms with Crippen LogP contribution in [-0.2, 0) is 9.59 Å². The van der Waals surface area contributed by atoms with Gasteiger partial charge in [0.2, 0.25) is 0 Å². The zero-order valence-electron chi connectivity index (χ0n) is 11.6. The first kappa shape index (κ1) is 15.6. The van der Waals surface area contributed by atoms with E-state index in [0.29, 0.717) is 23.6 Å². The molecule has 1 amide bonds. The van der Waals surface area contributed by atoms with E-state index in [2.05, 4.69) is 5.32 Å². The van der Waals surface area contributed by atoms with Crippen LogP contribution in [0.25, 0.3) is 0 Å². The lowest BCUT2D eigenvalue weighted by Gasteiger charge is -2.33. The second kappa shape index (κ2) is 6.80. The van der Waals surface area contributed by atoms with E-state index in [1.807, 2.05) is 0 Å². The zero-order chi connectivity index (χ0) is 15.3. The molecule has 1 aromatic rings. The van der Waals surface area contributed by atoms with Crippen LogP contribution in [0.3, 0.4) is 0 Å². The number of nitrogens with one attached hydrogen (secondary N) is 1. The standard InChI is InChI=1S/C15H18ClNO4/c16-11-6-2-3-7-12(11)21-10-13(18)17-15(14(19)20)8-4-1-5-9-15/h2-3,6-7H,1,4-5,8-10H2,(H,17,18)(H,19,20). The van der Waals surface area contributed by atoms with Crippen molar-refractivity contribution >= 4 is 23.5 Å². The summed E-state index contributed by atoms with van der Waals surface area (Å²) in [5.41, 5.74) is -1.15. The van der Waals surface area contributed by atoms with Crippen molar-refractivity contribution in [1.82, 2.24) is 5.32 Å². The number of hydrogen-bond acceptors (Lipinski definition) is 3. The monoisotopic (exact) mass is 311 g/mol. The molecule has 1 fully saturated rings. The highest BCUT2D eigenvalue weighted by atomic mass is 35.5. The Morgan fingerprint density at radius 3 is 2.52 bits per heavy atom. The Morgan fingerprint density at radius 2 is 1.90 bits per heavy atom. The highest BCUT2D eigenvalue weighted by molar-refractivity contribution is 6.32. The largest absolute Gasteiger partial charge is 0.482 e. The van der Waals surface area contributed by atoms with Crippen molar-refractivity contribution in [2.45, 2.75) is 37.6 Å². The van der Waals surface area contributed by atoms with Crippen LogP contribution in [0.15, 0.2) is 24.3 Å². The summed E-state index contributed by atoms with van der Waals surface area (Å²) in [6, 6.07) is 6.83. The van der Waals surface area contributed by atoms with Gasteiger partial charge in [0.05, 0.1) is 5.02 Å². The highest BCUT2D eigenvalue weighted by Crippen LogP contribution is 2.28. The van der Waals surface area contributed by atoms with Crippen molar-refractivity contribution in [3.63, 3.8) is 0 Å². The number of ether oxygens (including phenoxy) is 1. The van der Waals surface area contributed by atoms with Gasteiger partial charge in [0.1, 0.15) is 11.3 Å². The van der Waals surface area contributed by atoms with Crippen LogP contribution in [0.5, 0.6) is 5.75 Å². The van der Waals surface area contributed by atoms with E-state index in [-0.39, 0.29) is 6.61 Å². The molecule has 0 spiro atoms. The predicted octanol–water partition coefficient (Wildman–Crippen LogP) is 2.62. The van der Waals surface area contributed by atoms with Crippen LogP contribution in [-0.4, -0.2) is 29.1 Å². The third kappa shape index (κ3) is 3.88. The van der Waals surface area contributed by atoms with Gasteiger partial charge in [-0.25, -0.2) is 4.79 Å². The molecule has 0 atom stereocenters. The average Bonchev–Trinajstić information content (AvgIpc) is 2.47. The number of hydrogen-bond donors (Lipinski definition) is 2. The van der Waals surface area contributed by atoms with E-state index >= 15 is 0 Å². The predicted molar refractivity (Wildman–Crippen MR) is 78.5 cm³/mol. The van der Waals surface area contributed by atoms with E-state index < -0.39 is 17.4 Å².